The van der Waals surface area contributed by atoms with Crippen LogP contribution in [0, 0.1) is 0 Å². The van der Waals surface area contributed by atoms with Gasteiger partial charge in [0.25, 0.3) is 0 Å². The Labute approximate surface area is 131 Å². The van der Waals surface area contributed by atoms with Crippen LogP contribution in [0.3, 0.4) is 0 Å². The Morgan fingerprint density at radius 1 is 1.26 bits per heavy atom. The summed E-state index contributed by atoms with van der Waals surface area (Å²) in [6, 6.07) is 4.31. The molecule has 1 aromatic rings. The van der Waals surface area contributed by atoms with Crippen LogP contribution in [0.5, 0.6) is 0 Å². The molecule has 3 rings (SSSR count). The normalized spacial score (nSPS) is 23.9. The standard InChI is InChI=1S/C14H19BrN2S2/c15-12-5-4-11(19-12)6-9-16-13-17-14(10-18-13)7-2-1-3-8-14/h4-5H,1-3,6-10H2,(H,16,17). The van der Waals surface area contributed by atoms with Gasteiger partial charge in [-0.05, 0) is 40.9 Å². The van der Waals surface area contributed by atoms with Crippen molar-refractivity contribution in [2.75, 3.05) is 12.3 Å². The van der Waals surface area contributed by atoms with Gasteiger partial charge >= 0.3 is 0 Å². The summed E-state index contributed by atoms with van der Waals surface area (Å²) in [4.78, 5) is 6.15. The van der Waals surface area contributed by atoms with E-state index in [1.54, 1.807) is 0 Å². The van der Waals surface area contributed by atoms with Gasteiger partial charge in [-0.15, -0.1) is 11.3 Å². The number of thioether (sulfide) groups is 1. The first kappa shape index (κ1) is 14.0. The summed E-state index contributed by atoms with van der Waals surface area (Å²) < 4.78 is 1.21. The largest absolute Gasteiger partial charge is 0.359 e. The van der Waals surface area contributed by atoms with Gasteiger partial charge in [0.2, 0.25) is 0 Å². The van der Waals surface area contributed by atoms with Crippen molar-refractivity contribution in [3.05, 3.63) is 20.8 Å². The molecule has 2 fully saturated rings. The van der Waals surface area contributed by atoms with Crippen molar-refractivity contribution in [2.24, 2.45) is 4.99 Å². The SMILES string of the molecule is Brc1ccc(CCN=C2NC3(CCCCC3)CS2)s1. The minimum atomic E-state index is 0.383. The Hall–Kier alpha value is -0.0000000000000000833. The minimum absolute atomic E-state index is 0.383. The molecule has 0 unspecified atom stereocenters. The molecule has 5 heteroatoms. The molecule has 0 radical (unpaired) electrons. The van der Waals surface area contributed by atoms with Crippen molar-refractivity contribution < 1.29 is 0 Å². The highest BCUT2D eigenvalue weighted by atomic mass is 79.9. The molecule has 0 aromatic carbocycles. The van der Waals surface area contributed by atoms with Crippen LogP contribution in [0.15, 0.2) is 20.9 Å². The first-order chi connectivity index (χ1) is 9.26. The second-order valence-electron chi connectivity index (χ2n) is 5.40. The molecule has 104 valence electrons. The lowest BCUT2D eigenvalue weighted by Gasteiger charge is -2.32. The van der Waals surface area contributed by atoms with Crippen LogP contribution < -0.4 is 5.32 Å². The number of nitrogens with zero attached hydrogens (tertiary/aromatic N) is 1. The predicted molar refractivity (Wildman–Crippen MR) is 89.4 cm³/mol. The zero-order valence-corrected chi connectivity index (χ0v) is 14.2. The Balaban J connectivity index is 1.51. The fourth-order valence-electron chi connectivity index (χ4n) is 2.84. The average molecular weight is 359 g/mol. The van der Waals surface area contributed by atoms with E-state index in [0.29, 0.717) is 5.54 Å². The first-order valence-electron chi connectivity index (χ1n) is 6.95. The molecule has 2 heterocycles. The van der Waals surface area contributed by atoms with Crippen molar-refractivity contribution in [1.29, 1.82) is 0 Å². The van der Waals surface area contributed by atoms with Gasteiger partial charge in [0.15, 0.2) is 5.17 Å². The maximum absolute atomic E-state index is 4.74. The molecule has 1 spiro atoms. The third-order valence-electron chi connectivity index (χ3n) is 3.91. The van der Waals surface area contributed by atoms with Gasteiger partial charge < -0.3 is 5.32 Å². The Morgan fingerprint density at radius 3 is 2.84 bits per heavy atom. The zero-order valence-electron chi connectivity index (χ0n) is 11.0. The first-order valence-corrected chi connectivity index (χ1v) is 9.55. The molecule has 0 amide bonds. The molecule has 19 heavy (non-hydrogen) atoms. The lowest BCUT2D eigenvalue weighted by molar-refractivity contribution is 0.303. The Bertz CT molecular complexity index is 464. The molecule has 2 aliphatic rings. The summed E-state index contributed by atoms with van der Waals surface area (Å²) in [5, 5.41) is 4.88. The number of hydrogen-bond donors (Lipinski definition) is 1. The maximum Gasteiger partial charge on any atom is 0.157 e. The third kappa shape index (κ3) is 3.56. The molecule has 2 nitrogen and oxygen atoms in total. The van der Waals surface area contributed by atoms with E-state index < -0.39 is 0 Å². The van der Waals surface area contributed by atoms with E-state index in [1.807, 2.05) is 23.1 Å². The van der Waals surface area contributed by atoms with Gasteiger partial charge in [-0.3, -0.25) is 4.99 Å². The van der Waals surface area contributed by atoms with Crippen molar-refractivity contribution in [1.82, 2.24) is 5.32 Å². The molecular formula is C14H19BrN2S2. The van der Waals surface area contributed by atoms with Crippen LogP contribution >= 0.6 is 39.0 Å². The van der Waals surface area contributed by atoms with Gasteiger partial charge in [0.1, 0.15) is 0 Å². The van der Waals surface area contributed by atoms with E-state index in [1.165, 1.54) is 51.7 Å². The predicted octanol–water partition coefficient (Wildman–Crippen LogP) is 4.45. The lowest BCUT2D eigenvalue weighted by atomic mass is 9.83. The molecule has 1 saturated carbocycles. The summed E-state index contributed by atoms with van der Waals surface area (Å²) in [5.41, 5.74) is 0.383. The fourth-order valence-corrected chi connectivity index (χ4v) is 5.56. The minimum Gasteiger partial charge on any atom is -0.359 e. The summed E-state index contributed by atoms with van der Waals surface area (Å²) >= 11 is 7.24. The summed E-state index contributed by atoms with van der Waals surface area (Å²) in [6.45, 7) is 0.901. The second kappa shape index (κ2) is 6.19. The number of hydrogen-bond acceptors (Lipinski definition) is 3. The van der Waals surface area contributed by atoms with Crippen molar-refractivity contribution >= 4 is 44.2 Å². The maximum atomic E-state index is 4.74. The van der Waals surface area contributed by atoms with Crippen molar-refractivity contribution in [3.63, 3.8) is 0 Å². The Morgan fingerprint density at radius 2 is 2.11 bits per heavy atom. The van der Waals surface area contributed by atoms with Gasteiger partial charge in [-0.2, -0.15) is 0 Å². The molecule has 0 atom stereocenters. The fraction of sp³-hybridized carbons (Fsp3) is 0.643. The third-order valence-corrected chi connectivity index (χ3v) is 6.80. The quantitative estimate of drug-likeness (QED) is 0.862. The van der Waals surface area contributed by atoms with Crippen LogP contribution in [-0.4, -0.2) is 23.0 Å². The van der Waals surface area contributed by atoms with Crippen molar-refractivity contribution in [3.8, 4) is 0 Å². The number of thiophene rings is 1. The van der Waals surface area contributed by atoms with Crippen LogP contribution in [0.25, 0.3) is 0 Å². The highest BCUT2D eigenvalue weighted by Gasteiger charge is 2.37. The van der Waals surface area contributed by atoms with E-state index in [-0.39, 0.29) is 0 Å². The molecule has 1 aliphatic carbocycles. The van der Waals surface area contributed by atoms with E-state index in [9.17, 15) is 0 Å². The zero-order chi connectivity index (χ0) is 13.1. The van der Waals surface area contributed by atoms with Crippen LogP contribution in [0.4, 0.5) is 0 Å². The number of aliphatic imine (C=N–C) groups is 1. The van der Waals surface area contributed by atoms with Crippen molar-refractivity contribution in [2.45, 2.75) is 44.1 Å². The summed E-state index contributed by atoms with van der Waals surface area (Å²) in [7, 11) is 0. The van der Waals surface area contributed by atoms with Gasteiger partial charge in [0.05, 0.1) is 3.79 Å². The number of rotatable bonds is 3. The van der Waals surface area contributed by atoms with Gasteiger partial charge in [-0.1, -0.05) is 31.0 Å². The van der Waals surface area contributed by atoms with E-state index in [2.05, 4.69) is 33.4 Å². The number of halogens is 1. The molecule has 0 bridgehead atoms. The van der Waals surface area contributed by atoms with Crippen LogP contribution in [0.1, 0.15) is 37.0 Å². The topological polar surface area (TPSA) is 24.4 Å². The molecule has 1 aromatic heterocycles. The number of amidine groups is 1. The van der Waals surface area contributed by atoms with E-state index in [0.717, 1.165) is 13.0 Å². The monoisotopic (exact) mass is 358 g/mol. The summed E-state index contributed by atoms with van der Waals surface area (Å²) in [5.74, 6) is 1.22. The number of nitrogens with one attached hydrogen (secondary N) is 1. The Kier molecular flexibility index (Phi) is 4.54. The highest BCUT2D eigenvalue weighted by Crippen LogP contribution is 2.36. The lowest BCUT2D eigenvalue weighted by Crippen LogP contribution is -2.45. The van der Waals surface area contributed by atoms with E-state index >= 15 is 0 Å². The molecule has 1 saturated heterocycles. The van der Waals surface area contributed by atoms with E-state index in [4.69, 9.17) is 4.99 Å². The van der Waals surface area contributed by atoms with Gasteiger partial charge in [-0.25, -0.2) is 0 Å². The average Bonchev–Trinajstić information content (AvgIpc) is 2.99. The molecule has 1 aliphatic heterocycles. The second-order valence-corrected chi connectivity index (χ2v) is 8.91. The van der Waals surface area contributed by atoms with Crippen LogP contribution in [-0.2, 0) is 6.42 Å². The smallest absolute Gasteiger partial charge is 0.157 e. The van der Waals surface area contributed by atoms with Crippen LogP contribution in [0.2, 0.25) is 0 Å². The highest BCUT2D eigenvalue weighted by molar-refractivity contribution is 9.11. The molecular weight excluding hydrogens is 340 g/mol. The summed E-state index contributed by atoms with van der Waals surface area (Å²) in [6.07, 6.45) is 7.88. The van der Waals surface area contributed by atoms with Gasteiger partial charge in [0, 0.05) is 29.1 Å². The molecule has 1 N–H and O–H groups in total.